The highest BCUT2D eigenvalue weighted by molar-refractivity contribution is 6.27. The topological polar surface area (TPSA) is 28.2 Å². The molecule has 0 aliphatic carbocycles. The van der Waals surface area contributed by atoms with Gasteiger partial charge in [-0.25, -0.2) is 0 Å². The Balaban J connectivity index is 1.31. The standard InChI is InChI=1S/C45H26N2/c46-27-28-11-13-31(14-12-28)38-23-41-39-21-34-17-15-32(29-7-3-1-4-8-29)19-36(34)25-43(39)47-44-26-37-20-33(30-9-5-2-6-10-30)16-18-35(37)22-40(44)42(24-38)45(41)47/h1-26H. The molecule has 0 N–H and O–H groups in total. The molecule has 0 atom stereocenters. The average molecular weight is 595 g/mol. The van der Waals surface area contributed by atoms with Crippen LogP contribution in [0.1, 0.15) is 5.56 Å². The highest BCUT2D eigenvalue weighted by atomic mass is 14.9. The van der Waals surface area contributed by atoms with Crippen molar-refractivity contribution in [1.29, 1.82) is 5.26 Å². The minimum absolute atomic E-state index is 0.670. The molecule has 0 aliphatic rings. The number of nitrogens with zero attached hydrogens (tertiary/aromatic N) is 2. The fraction of sp³-hybridized carbons (Fsp3) is 0. The van der Waals surface area contributed by atoms with Crippen molar-refractivity contribution in [2.24, 2.45) is 0 Å². The molecular weight excluding hydrogens is 569 g/mol. The molecule has 0 unspecified atom stereocenters. The molecule has 0 radical (unpaired) electrons. The van der Waals surface area contributed by atoms with Gasteiger partial charge in [-0.05, 0) is 116 Å². The van der Waals surface area contributed by atoms with Gasteiger partial charge in [0, 0.05) is 21.5 Å². The summed E-state index contributed by atoms with van der Waals surface area (Å²) in [6.07, 6.45) is 0. The van der Waals surface area contributed by atoms with Gasteiger partial charge < -0.3 is 4.40 Å². The molecule has 0 bridgehead atoms. The van der Waals surface area contributed by atoms with Gasteiger partial charge in [-0.3, -0.25) is 0 Å². The first kappa shape index (κ1) is 25.9. The van der Waals surface area contributed by atoms with Gasteiger partial charge in [0.15, 0.2) is 0 Å². The summed E-state index contributed by atoms with van der Waals surface area (Å²) in [4.78, 5) is 0. The summed E-state index contributed by atoms with van der Waals surface area (Å²) in [6, 6.07) is 59.2. The summed E-state index contributed by atoms with van der Waals surface area (Å²) in [5.74, 6) is 0. The van der Waals surface area contributed by atoms with E-state index in [-0.39, 0.29) is 0 Å². The Kier molecular flexibility index (Phi) is 5.38. The molecule has 0 fully saturated rings. The Labute approximate surface area is 271 Å². The molecule has 0 aliphatic heterocycles. The zero-order valence-corrected chi connectivity index (χ0v) is 25.4. The van der Waals surface area contributed by atoms with Gasteiger partial charge in [0.25, 0.3) is 0 Å². The Hall–Kier alpha value is -6.43. The molecule has 2 nitrogen and oxygen atoms in total. The zero-order chi connectivity index (χ0) is 31.1. The van der Waals surface area contributed by atoms with Crippen LogP contribution >= 0.6 is 0 Å². The lowest BCUT2D eigenvalue weighted by atomic mass is 9.96. The minimum atomic E-state index is 0.670. The molecule has 10 rings (SSSR count). The molecule has 216 valence electrons. The van der Waals surface area contributed by atoms with E-state index in [1.54, 1.807) is 0 Å². The van der Waals surface area contributed by atoms with Gasteiger partial charge in [-0.2, -0.15) is 5.26 Å². The first-order valence-electron chi connectivity index (χ1n) is 16.0. The fourth-order valence-electron chi connectivity index (χ4n) is 7.55. The first-order chi connectivity index (χ1) is 23.2. The summed E-state index contributed by atoms with van der Waals surface area (Å²) in [5, 5.41) is 19.3. The van der Waals surface area contributed by atoms with E-state index >= 15 is 0 Å². The van der Waals surface area contributed by atoms with Gasteiger partial charge in [0.05, 0.1) is 28.2 Å². The van der Waals surface area contributed by atoms with Crippen LogP contribution in [0.15, 0.2) is 158 Å². The largest absolute Gasteiger partial charge is 0.308 e. The molecular formula is C45H26N2. The van der Waals surface area contributed by atoms with Crippen molar-refractivity contribution >= 4 is 59.6 Å². The monoisotopic (exact) mass is 594 g/mol. The fourth-order valence-corrected chi connectivity index (χ4v) is 7.55. The van der Waals surface area contributed by atoms with Crippen molar-refractivity contribution in [3.8, 4) is 39.4 Å². The lowest BCUT2D eigenvalue weighted by Gasteiger charge is -2.08. The van der Waals surface area contributed by atoms with Crippen LogP contribution in [0.5, 0.6) is 0 Å². The van der Waals surface area contributed by atoms with Crippen LogP contribution in [0.2, 0.25) is 0 Å². The summed E-state index contributed by atoms with van der Waals surface area (Å²) >= 11 is 0. The Bertz CT molecular complexity index is 2710. The smallest absolute Gasteiger partial charge is 0.0991 e. The highest BCUT2D eigenvalue weighted by Crippen LogP contribution is 2.44. The number of benzene rings is 8. The molecule has 0 saturated carbocycles. The van der Waals surface area contributed by atoms with E-state index in [1.165, 1.54) is 81.9 Å². The zero-order valence-electron chi connectivity index (χ0n) is 25.4. The normalized spacial score (nSPS) is 11.8. The predicted octanol–water partition coefficient (Wildman–Crippen LogP) is 12.0. The molecule has 2 heteroatoms. The van der Waals surface area contributed by atoms with Gasteiger partial charge in [-0.15, -0.1) is 0 Å². The average Bonchev–Trinajstić information content (AvgIpc) is 3.63. The van der Waals surface area contributed by atoms with E-state index < -0.39 is 0 Å². The molecule has 10 aromatic rings. The van der Waals surface area contributed by atoms with Crippen molar-refractivity contribution < 1.29 is 0 Å². The Morgan fingerprint density at radius 1 is 0.362 bits per heavy atom. The summed E-state index contributed by atoms with van der Waals surface area (Å²) in [5.41, 5.74) is 11.5. The molecule has 47 heavy (non-hydrogen) atoms. The second-order valence-electron chi connectivity index (χ2n) is 12.5. The third kappa shape index (κ3) is 3.91. The minimum Gasteiger partial charge on any atom is -0.308 e. The maximum absolute atomic E-state index is 9.41. The van der Waals surface area contributed by atoms with Crippen LogP contribution in [-0.2, 0) is 0 Å². The third-order valence-electron chi connectivity index (χ3n) is 9.87. The molecule has 0 spiro atoms. The Morgan fingerprint density at radius 2 is 0.830 bits per heavy atom. The van der Waals surface area contributed by atoms with E-state index in [1.807, 2.05) is 12.1 Å². The molecule has 2 heterocycles. The maximum Gasteiger partial charge on any atom is 0.0991 e. The SMILES string of the molecule is N#Cc1ccc(-c2cc3c4cc5ccc(-c6ccccc6)cc5cc4n4c5cc6cc(-c7ccccc7)ccc6cc5c(c2)c34)cc1. The van der Waals surface area contributed by atoms with E-state index in [4.69, 9.17) is 0 Å². The van der Waals surface area contributed by atoms with Crippen LogP contribution in [0.3, 0.4) is 0 Å². The number of hydrogen-bond donors (Lipinski definition) is 0. The lowest BCUT2D eigenvalue weighted by Crippen LogP contribution is -1.84. The van der Waals surface area contributed by atoms with E-state index in [9.17, 15) is 5.26 Å². The van der Waals surface area contributed by atoms with E-state index in [0.717, 1.165) is 11.1 Å². The molecule has 0 saturated heterocycles. The van der Waals surface area contributed by atoms with Crippen LogP contribution in [-0.4, -0.2) is 4.40 Å². The van der Waals surface area contributed by atoms with Crippen LogP contribution in [0.25, 0.3) is 93.0 Å². The number of aromatic nitrogens is 1. The second-order valence-corrected chi connectivity index (χ2v) is 12.5. The van der Waals surface area contributed by atoms with Crippen molar-refractivity contribution in [2.75, 3.05) is 0 Å². The molecule has 8 aromatic carbocycles. The predicted molar refractivity (Wildman–Crippen MR) is 197 cm³/mol. The summed E-state index contributed by atoms with van der Waals surface area (Å²) in [6.45, 7) is 0. The highest BCUT2D eigenvalue weighted by Gasteiger charge is 2.20. The van der Waals surface area contributed by atoms with Crippen molar-refractivity contribution in [3.63, 3.8) is 0 Å². The van der Waals surface area contributed by atoms with Crippen molar-refractivity contribution in [2.45, 2.75) is 0 Å². The van der Waals surface area contributed by atoms with Crippen LogP contribution in [0, 0.1) is 11.3 Å². The molecule has 0 amide bonds. The van der Waals surface area contributed by atoms with Crippen LogP contribution < -0.4 is 0 Å². The first-order valence-corrected chi connectivity index (χ1v) is 16.0. The third-order valence-corrected chi connectivity index (χ3v) is 9.87. The van der Waals surface area contributed by atoms with Crippen molar-refractivity contribution in [3.05, 3.63) is 163 Å². The number of hydrogen-bond acceptors (Lipinski definition) is 1. The number of nitriles is 1. The number of rotatable bonds is 3. The Morgan fingerprint density at radius 3 is 1.32 bits per heavy atom. The van der Waals surface area contributed by atoms with Gasteiger partial charge in [0.1, 0.15) is 0 Å². The summed E-state index contributed by atoms with van der Waals surface area (Å²) in [7, 11) is 0. The van der Waals surface area contributed by atoms with E-state index in [0.29, 0.717) is 5.56 Å². The van der Waals surface area contributed by atoms with Gasteiger partial charge in [-0.1, -0.05) is 97.1 Å². The maximum atomic E-state index is 9.41. The van der Waals surface area contributed by atoms with E-state index in [2.05, 4.69) is 156 Å². The summed E-state index contributed by atoms with van der Waals surface area (Å²) < 4.78 is 2.49. The lowest BCUT2D eigenvalue weighted by molar-refractivity contribution is 1.38. The van der Waals surface area contributed by atoms with Crippen molar-refractivity contribution in [1.82, 2.24) is 4.40 Å². The van der Waals surface area contributed by atoms with Crippen LogP contribution in [0.4, 0.5) is 0 Å². The quantitative estimate of drug-likeness (QED) is 0.200. The second kappa shape index (κ2) is 9.78. The van der Waals surface area contributed by atoms with Gasteiger partial charge in [0.2, 0.25) is 0 Å². The number of fused-ring (bicyclic) bond motifs is 8. The molecule has 2 aromatic heterocycles. The van der Waals surface area contributed by atoms with Gasteiger partial charge >= 0.3 is 0 Å².